The minimum atomic E-state index is -5.37. The zero-order chi connectivity index (χ0) is 14.9. The minimum absolute atomic E-state index is 0.261. The molecular weight excluding hydrogens is 286 g/mol. The van der Waals surface area contributed by atoms with Gasteiger partial charge < -0.3 is 0 Å². The minimum Gasteiger partial charge on any atom is -0.277 e. The maximum atomic E-state index is 12.2. The highest BCUT2D eigenvalue weighted by molar-refractivity contribution is 6.75. The van der Waals surface area contributed by atoms with Gasteiger partial charge in [0.1, 0.15) is 0 Å². The Labute approximate surface area is 99.0 Å². The molecule has 0 aromatic rings. The highest BCUT2D eigenvalue weighted by atomic mass is 28.3. The molecule has 0 aromatic carbocycles. The number of nitrogens with one attached hydrogen (secondary N) is 1. The quantitative estimate of drug-likeness (QED) is 0.456. The highest BCUT2D eigenvalue weighted by Crippen LogP contribution is 2.22. The normalized spacial score (nSPS) is 13.2. The van der Waals surface area contributed by atoms with Crippen LogP contribution >= 0.6 is 0 Å². The number of carbonyl (C=O) groups is 2. The molecule has 2 amide bonds. The van der Waals surface area contributed by atoms with Gasteiger partial charge in [-0.15, -0.1) is 0 Å². The summed E-state index contributed by atoms with van der Waals surface area (Å²) in [5, 5.41) is 0. The second-order valence-electron chi connectivity index (χ2n) is 4.25. The van der Waals surface area contributed by atoms with Crippen LogP contribution in [-0.2, 0) is 9.59 Å². The van der Waals surface area contributed by atoms with Gasteiger partial charge in [-0.3, -0.25) is 19.7 Å². The van der Waals surface area contributed by atoms with Crippen LogP contribution in [0.15, 0.2) is 0 Å². The van der Waals surface area contributed by atoms with E-state index >= 15 is 0 Å². The molecule has 4 nitrogen and oxygen atoms in total. The lowest BCUT2D eigenvalue weighted by Gasteiger charge is -2.34. The number of halogens is 6. The smallest absolute Gasteiger partial charge is 0.277 e. The summed E-state index contributed by atoms with van der Waals surface area (Å²) in [5.41, 5.74) is 0.965. The molecule has 0 bridgehead atoms. The van der Waals surface area contributed by atoms with Crippen molar-refractivity contribution in [1.82, 2.24) is 10.1 Å². The van der Waals surface area contributed by atoms with Gasteiger partial charge in [0, 0.05) is 0 Å². The number of nitrogens with zero attached hydrogens (tertiary/aromatic N) is 1. The molecule has 0 aliphatic heterocycles. The van der Waals surface area contributed by atoms with Crippen LogP contribution in [0.2, 0.25) is 19.6 Å². The Bertz CT molecular complexity index is 345. The fraction of sp³-hybridized carbons (Fsp3) is 0.714. The van der Waals surface area contributed by atoms with Crippen molar-refractivity contribution >= 4 is 20.0 Å². The first kappa shape index (κ1) is 16.7. The van der Waals surface area contributed by atoms with Gasteiger partial charge in [0.2, 0.25) is 0 Å². The average Bonchev–Trinajstić information content (AvgIpc) is 2.07. The molecule has 0 rings (SSSR count). The van der Waals surface area contributed by atoms with Crippen molar-refractivity contribution in [3.8, 4) is 0 Å². The lowest BCUT2D eigenvalue weighted by atomic mass is 10.6. The summed E-state index contributed by atoms with van der Waals surface area (Å²) in [6, 6.07) is 0. The lowest BCUT2D eigenvalue weighted by molar-refractivity contribution is -0.191. The summed E-state index contributed by atoms with van der Waals surface area (Å²) in [6.07, 6.45) is -10.7. The van der Waals surface area contributed by atoms with Gasteiger partial charge >= 0.3 is 24.2 Å². The number of hydrogen-bond donors (Lipinski definition) is 1. The largest absolute Gasteiger partial charge is 0.472 e. The summed E-state index contributed by atoms with van der Waals surface area (Å²) in [7, 11) is -3.17. The number of rotatable bonds is 1. The second-order valence-corrected chi connectivity index (χ2v) is 9.04. The number of amides is 2. The van der Waals surface area contributed by atoms with Gasteiger partial charge in [-0.05, 0) is 19.6 Å². The second kappa shape index (κ2) is 4.78. The molecule has 0 aromatic heterocycles. The van der Waals surface area contributed by atoms with Crippen LogP contribution in [0.1, 0.15) is 0 Å². The van der Waals surface area contributed by atoms with E-state index in [9.17, 15) is 35.9 Å². The fourth-order valence-electron chi connectivity index (χ4n) is 0.815. The molecule has 106 valence electrons. The molecule has 1 N–H and O–H groups in total. The highest BCUT2D eigenvalue weighted by Gasteiger charge is 2.49. The maximum absolute atomic E-state index is 12.2. The Hall–Kier alpha value is -1.26. The SMILES string of the molecule is C[Si](C)(C)N(NC(=O)C(F)(F)F)C(=O)C(F)(F)F. The summed E-state index contributed by atoms with van der Waals surface area (Å²) >= 11 is 0. The predicted molar refractivity (Wildman–Crippen MR) is 50.4 cm³/mol. The average molecular weight is 296 g/mol. The van der Waals surface area contributed by atoms with Crippen molar-refractivity contribution in [2.75, 3.05) is 0 Å². The summed E-state index contributed by atoms with van der Waals surface area (Å²) in [4.78, 5) is 21.5. The number of alkyl halides is 6. The van der Waals surface area contributed by atoms with Crippen molar-refractivity contribution < 1.29 is 35.9 Å². The summed E-state index contributed by atoms with van der Waals surface area (Å²) in [6.45, 7) is 3.52. The molecule has 0 fully saturated rings. The van der Waals surface area contributed by atoms with Gasteiger partial charge in [0.25, 0.3) is 0 Å². The summed E-state index contributed by atoms with van der Waals surface area (Å²) < 4.78 is 72.1. The van der Waals surface area contributed by atoms with E-state index in [4.69, 9.17) is 0 Å². The van der Waals surface area contributed by atoms with Crippen molar-refractivity contribution in [3.63, 3.8) is 0 Å². The lowest BCUT2D eigenvalue weighted by Crippen LogP contribution is -2.63. The van der Waals surface area contributed by atoms with E-state index in [2.05, 4.69) is 0 Å². The van der Waals surface area contributed by atoms with E-state index in [-0.39, 0.29) is 4.67 Å². The molecule has 0 aliphatic carbocycles. The topological polar surface area (TPSA) is 49.4 Å². The van der Waals surface area contributed by atoms with E-state index in [0.29, 0.717) is 0 Å². The standard InChI is InChI=1S/C7H10F6N2O2Si/c1-18(2,3)15(5(17)7(11,12)13)14-4(16)6(8,9)10/h1-3H3,(H,14,16). The Kier molecular flexibility index (Phi) is 4.45. The Morgan fingerprint density at radius 2 is 1.33 bits per heavy atom. The van der Waals surface area contributed by atoms with Crippen LogP contribution < -0.4 is 5.43 Å². The van der Waals surface area contributed by atoms with Gasteiger partial charge in [-0.2, -0.15) is 26.3 Å². The first-order valence-corrected chi connectivity index (χ1v) is 7.91. The fourth-order valence-corrected chi connectivity index (χ4v) is 1.99. The third kappa shape index (κ3) is 4.54. The van der Waals surface area contributed by atoms with Crippen molar-refractivity contribution in [2.45, 2.75) is 32.0 Å². The van der Waals surface area contributed by atoms with Gasteiger partial charge in [0.15, 0.2) is 8.24 Å². The first-order valence-electron chi connectivity index (χ1n) is 4.46. The van der Waals surface area contributed by atoms with E-state index in [1.807, 2.05) is 0 Å². The number of hydrogen-bond acceptors (Lipinski definition) is 2. The van der Waals surface area contributed by atoms with E-state index in [1.54, 1.807) is 0 Å². The third-order valence-electron chi connectivity index (χ3n) is 1.59. The van der Waals surface area contributed by atoms with Gasteiger partial charge in [0.05, 0.1) is 0 Å². The molecule has 0 saturated carbocycles. The van der Waals surface area contributed by atoms with Crippen LogP contribution in [0.25, 0.3) is 0 Å². The molecular formula is C7H10F6N2O2Si. The Morgan fingerprint density at radius 1 is 0.944 bits per heavy atom. The number of carbonyl (C=O) groups excluding carboxylic acids is 2. The van der Waals surface area contributed by atoms with E-state index in [0.717, 1.165) is 5.43 Å². The molecule has 11 heteroatoms. The maximum Gasteiger partial charge on any atom is 0.472 e. The van der Waals surface area contributed by atoms with Crippen LogP contribution in [0.4, 0.5) is 26.3 Å². The van der Waals surface area contributed by atoms with E-state index < -0.39 is 32.4 Å². The van der Waals surface area contributed by atoms with Crippen molar-refractivity contribution in [3.05, 3.63) is 0 Å². The molecule has 0 unspecified atom stereocenters. The molecule has 18 heavy (non-hydrogen) atoms. The summed E-state index contributed by atoms with van der Waals surface area (Å²) in [5.74, 6) is -5.15. The first-order chi connectivity index (χ1) is 7.67. The molecule has 0 atom stereocenters. The monoisotopic (exact) mass is 296 g/mol. The van der Waals surface area contributed by atoms with E-state index in [1.165, 1.54) is 19.6 Å². The molecule has 0 radical (unpaired) electrons. The predicted octanol–water partition coefficient (Wildman–Crippen LogP) is 1.81. The molecule has 0 spiro atoms. The van der Waals surface area contributed by atoms with Crippen molar-refractivity contribution in [2.24, 2.45) is 0 Å². The van der Waals surface area contributed by atoms with Gasteiger partial charge in [-0.25, -0.2) is 0 Å². The molecule has 0 heterocycles. The third-order valence-corrected chi connectivity index (χ3v) is 3.24. The zero-order valence-corrected chi connectivity index (χ0v) is 10.5. The van der Waals surface area contributed by atoms with Gasteiger partial charge in [-0.1, -0.05) is 0 Å². The molecule has 0 aliphatic rings. The Balaban J connectivity index is 5.19. The van der Waals surface area contributed by atoms with Crippen molar-refractivity contribution in [1.29, 1.82) is 0 Å². The van der Waals surface area contributed by atoms with Crippen LogP contribution in [0.5, 0.6) is 0 Å². The zero-order valence-electron chi connectivity index (χ0n) is 9.53. The molecule has 0 saturated heterocycles. The van der Waals surface area contributed by atoms with Crippen LogP contribution in [-0.4, -0.2) is 37.1 Å². The van der Waals surface area contributed by atoms with Crippen LogP contribution in [0, 0.1) is 0 Å². The number of hydrazine groups is 1. The Morgan fingerprint density at radius 3 is 1.56 bits per heavy atom. The van der Waals surface area contributed by atoms with Crippen LogP contribution in [0.3, 0.4) is 0 Å².